The van der Waals surface area contributed by atoms with E-state index >= 15 is 0 Å². The fraction of sp³-hybridized carbons (Fsp3) is 0.929. The maximum absolute atomic E-state index is 10.6. The summed E-state index contributed by atoms with van der Waals surface area (Å²) in [6, 6.07) is 0. The summed E-state index contributed by atoms with van der Waals surface area (Å²) in [5, 5.41) is 0. The molecule has 0 bridgehead atoms. The Morgan fingerprint density at radius 2 is 1.86 bits per heavy atom. The van der Waals surface area contributed by atoms with Crippen molar-refractivity contribution in [1.29, 1.82) is 0 Å². The number of aldehydes is 1. The zero-order chi connectivity index (χ0) is 15.3. The number of hydrogen-bond acceptors (Lipinski definition) is 7. The van der Waals surface area contributed by atoms with Crippen molar-refractivity contribution >= 4 is 6.29 Å². The van der Waals surface area contributed by atoms with Crippen LogP contribution in [0.3, 0.4) is 0 Å². The number of ether oxygens (including phenoxy) is 6. The van der Waals surface area contributed by atoms with E-state index in [0.29, 0.717) is 12.9 Å². The molecule has 0 saturated carbocycles. The molecular weight excluding hydrogens is 280 g/mol. The topological polar surface area (TPSA) is 72.5 Å². The van der Waals surface area contributed by atoms with Crippen molar-refractivity contribution < 1.29 is 33.2 Å². The van der Waals surface area contributed by atoms with E-state index in [9.17, 15) is 4.79 Å². The molecule has 0 spiro atoms. The maximum Gasteiger partial charge on any atom is 0.190 e. The molecule has 7 nitrogen and oxygen atoms in total. The van der Waals surface area contributed by atoms with Gasteiger partial charge in [0, 0.05) is 0 Å². The molecular formula is C14H22O7. The largest absolute Gasteiger partial charge is 0.365 e. The third-order valence-electron chi connectivity index (χ3n) is 3.78. The van der Waals surface area contributed by atoms with Crippen LogP contribution >= 0.6 is 0 Å². The van der Waals surface area contributed by atoms with E-state index in [1.165, 1.54) is 0 Å². The minimum atomic E-state index is -0.727. The van der Waals surface area contributed by atoms with Crippen molar-refractivity contribution in [2.45, 2.75) is 70.0 Å². The molecule has 0 radical (unpaired) electrons. The molecule has 0 aliphatic carbocycles. The van der Waals surface area contributed by atoms with Crippen LogP contribution < -0.4 is 0 Å². The van der Waals surface area contributed by atoms with E-state index in [-0.39, 0.29) is 18.8 Å². The zero-order valence-electron chi connectivity index (χ0n) is 12.7. The van der Waals surface area contributed by atoms with Crippen LogP contribution in [0.1, 0.15) is 27.7 Å². The van der Waals surface area contributed by atoms with Crippen molar-refractivity contribution in [3.05, 3.63) is 0 Å². The second kappa shape index (κ2) is 5.26. The molecule has 1 unspecified atom stereocenters. The van der Waals surface area contributed by atoms with Crippen LogP contribution in [0.2, 0.25) is 0 Å². The van der Waals surface area contributed by atoms with Crippen LogP contribution in [0.25, 0.3) is 0 Å². The highest BCUT2D eigenvalue weighted by atomic mass is 16.8. The summed E-state index contributed by atoms with van der Waals surface area (Å²) in [7, 11) is 0. The molecule has 0 aromatic carbocycles. The molecule has 0 N–H and O–H groups in total. The van der Waals surface area contributed by atoms with Crippen molar-refractivity contribution in [2.24, 2.45) is 0 Å². The van der Waals surface area contributed by atoms with Crippen LogP contribution in [0, 0.1) is 0 Å². The van der Waals surface area contributed by atoms with E-state index in [2.05, 4.69) is 0 Å². The minimum absolute atomic E-state index is 0.0193. The molecule has 3 aliphatic rings. The zero-order valence-corrected chi connectivity index (χ0v) is 12.7. The molecule has 3 rings (SSSR count). The number of carbonyl (C=O) groups excluding carboxylic acids is 1. The Morgan fingerprint density at radius 1 is 1.10 bits per heavy atom. The van der Waals surface area contributed by atoms with Gasteiger partial charge in [0.1, 0.15) is 37.3 Å². The van der Waals surface area contributed by atoms with Crippen LogP contribution in [0.15, 0.2) is 0 Å². The Morgan fingerprint density at radius 3 is 2.48 bits per heavy atom. The molecule has 3 fully saturated rings. The summed E-state index contributed by atoms with van der Waals surface area (Å²) < 4.78 is 34.5. The lowest BCUT2D eigenvalue weighted by Crippen LogP contribution is -2.44. The van der Waals surface area contributed by atoms with Gasteiger partial charge in [-0.15, -0.1) is 0 Å². The van der Waals surface area contributed by atoms with Crippen molar-refractivity contribution in [1.82, 2.24) is 0 Å². The molecule has 0 amide bonds. The summed E-state index contributed by atoms with van der Waals surface area (Å²) in [5.74, 6) is -1.38. The highest BCUT2D eigenvalue weighted by Gasteiger charge is 2.58. The van der Waals surface area contributed by atoms with E-state index in [1.807, 2.05) is 27.7 Å². The fourth-order valence-corrected chi connectivity index (χ4v) is 3.02. The average molecular weight is 302 g/mol. The first-order valence-electron chi connectivity index (χ1n) is 7.19. The Kier molecular flexibility index (Phi) is 3.84. The lowest BCUT2D eigenvalue weighted by molar-refractivity contribution is -0.235. The summed E-state index contributed by atoms with van der Waals surface area (Å²) >= 11 is 0. The summed E-state index contributed by atoms with van der Waals surface area (Å²) in [6.07, 6.45) is -1.28. The van der Waals surface area contributed by atoms with Crippen LogP contribution in [-0.4, -0.2) is 61.8 Å². The highest BCUT2D eigenvalue weighted by Crippen LogP contribution is 2.41. The molecule has 21 heavy (non-hydrogen) atoms. The Hall–Kier alpha value is -0.570. The minimum Gasteiger partial charge on any atom is -0.365 e. The first-order valence-corrected chi connectivity index (χ1v) is 7.19. The molecule has 120 valence electrons. The van der Waals surface area contributed by atoms with Gasteiger partial charge in [-0.05, 0) is 27.7 Å². The third kappa shape index (κ3) is 2.99. The van der Waals surface area contributed by atoms with Gasteiger partial charge in [0.15, 0.2) is 17.9 Å². The normalized spacial score (nSPS) is 43.9. The van der Waals surface area contributed by atoms with Crippen molar-refractivity contribution in [2.75, 3.05) is 13.2 Å². The van der Waals surface area contributed by atoms with Gasteiger partial charge in [-0.2, -0.15) is 0 Å². The predicted octanol–water partition coefficient (Wildman–Crippen LogP) is 0.598. The number of carbonyl (C=O) groups is 1. The van der Waals surface area contributed by atoms with Crippen LogP contribution in [-0.2, 0) is 33.2 Å². The second-order valence-corrected chi connectivity index (χ2v) is 6.40. The maximum atomic E-state index is 10.6. The molecule has 3 saturated heterocycles. The van der Waals surface area contributed by atoms with Crippen molar-refractivity contribution in [3.8, 4) is 0 Å². The standard InChI is InChI=1S/C14H22O7/c1-13(2)17-7-8(19-13)9-10(16-6-5-15)11-12(18-9)21-14(3,4)20-11/h5,8-12H,6-7H2,1-4H3/t8?,9-,10+,11-,12-/m1/s1. The predicted molar refractivity (Wildman–Crippen MR) is 69.4 cm³/mol. The van der Waals surface area contributed by atoms with E-state index < -0.39 is 30.1 Å². The van der Waals surface area contributed by atoms with Crippen LogP contribution in [0.5, 0.6) is 0 Å². The number of rotatable bonds is 4. The Labute approximate surface area is 123 Å². The molecule has 0 aromatic rings. The number of hydrogen-bond donors (Lipinski definition) is 0. The van der Waals surface area contributed by atoms with Gasteiger partial charge >= 0.3 is 0 Å². The quantitative estimate of drug-likeness (QED) is 0.704. The van der Waals surface area contributed by atoms with Gasteiger partial charge < -0.3 is 33.2 Å². The van der Waals surface area contributed by atoms with E-state index in [1.54, 1.807) is 0 Å². The monoisotopic (exact) mass is 302 g/mol. The molecule has 5 atom stereocenters. The highest BCUT2D eigenvalue weighted by molar-refractivity contribution is 5.50. The third-order valence-corrected chi connectivity index (χ3v) is 3.78. The molecule has 3 aliphatic heterocycles. The van der Waals surface area contributed by atoms with Gasteiger partial charge in [-0.1, -0.05) is 0 Å². The van der Waals surface area contributed by atoms with E-state index in [4.69, 9.17) is 28.4 Å². The number of fused-ring (bicyclic) bond motifs is 1. The lowest BCUT2D eigenvalue weighted by atomic mass is 10.1. The van der Waals surface area contributed by atoms with Gasteiger partial charge in [-0.25, -0.2) is 0 Å². The van der Waals surface area contributed by atoms with Crippen LogP contribution in [0.4, 0.5) is 0 Å². The molecule has 7 heteroatoms. The average Bonchev–Trinajstić information content (AvgIpc) is 2.96. The SMILES string of the molecule is CC1(C)OCC([C@H]2O[C@@H]3OC(C)(C)O[C@@H]3[C@H]2OCC=O)O1. The van der Waals surface area contributed by atoms with Gasteiger partial charge in [0.05, 0.1) is 6.61 Å². The summed E-state index contributed by atoms with van der Waals surface area (Å²) in [5.41, 5.74) is 0. The van der Waals surface area contributed by atoms with Gasteiger partial charge in [-0.3, -0.25) is 0 Å². The second-order valence-electron chi connectivity index (χ2n) is 6.40. The summed E-state index contributed by atoms with van der Waals surface area (Å²) in [6.45, 7) is 7.72. The van der Waals surface area contributed by atoms with Gasteiger partial charge in [0.2, 0.25) is 0 Å². The summed E-state index contributed by atoms with van der Waals surface area (Å²) in [4.78, 5) is 10.6. The Balaban J connectivity index is 1.73. The molecule has 0 aromatic heterocycles. The smallest absolute Gasteiger partial charge is 0.190 e. The first-order chi connectivity index (χ1) is 9.81. The lowest BCUT2D eigenvalue weighted by Gasteiger charge is -2.28. The first kappa shape index (κ1) is 15.3. The fourth-order valence-electron chi connectivity index (χ4n) is 3.02. The van der Waals surface area contributed by atoms with Gasteiger partial charge in [0.25, 0.3) is 0 Å². The van der Waals surface area contributed by atoms with Crippen molar-refractivity contribution in [3.63, 3.8) is 0 Å². The molecule has 3 heterocycles. The van der Waals surface area contributed by atoms with E-state index in [0.717, 1.165) is 0 Å². The Bertz CT molecular complexity index is 408.